The van der Waals surface area contributed by atoms with Gasteiger partial charge >= 0.3 is 0 Å². The smallest absolute Gasteiger partial charge is 0.0583 e. The highest BCUT2D eigenvalue weighted by Crippen LogP contribution is 2.26. The Bertz CT molecular complexity index is 427. The minimum Gasteiger partial charge on any atom is -0.397 e. The van der Waals surface area contributed by atoms with E-state index in [0.717, 1.165) is 41.8 Å². The lowest BCUT2D eigenvalue weighted by Crippen LogP contribution is -2.17. The molecule has 0 aromatic carbocycles. The summed E-state index contributed by atoms with van der Waals surface area (Å²) in [5, 5.41) is 0. The van der Waals surface area contributed by atoms with E-state index in [2.05, 4.69) is 24.3 Å². The summed E-state index contributed by atoms with van der Waals surface area (Å²) in [7, 11) is 0. The third-order valence-electron chi connectivity index (χ3n) is 3.01. The second kappa shape index (κ2) is 5.39. The van der Waals surface area contributed by atoms with Gasteiger partial charge in [0.1, 0.15) is 0 Å². The summed E-state index contributed by atoms with van der Waals surface area (Å²) < 4.78 is 0. The summed E-state index contributed by atoms with van der Waals surface area (Å²) in [4.78, 5) is 0. The lowest BCUT2D eigenvalue weighted by molar-refractivity contribution is 0.894. The van der Waals surface area contributed by atoms with Crippen LogP contribution in [0.2, 0.25) is 0 Å². The molecule has 88 valence electrons. The number of nitrogens with two attached hydrogens (primary N) is 2. The molecule has 4 N–H and O–H groups in total. The molecule has 2 bridgehead atoms. The van der Waals surface area contributed by atoms with Crippen LogP contribution in [0.5, 0.6) is 0 Å². The van der Waals surface area contributed by atoms with Crippen molar-refractivity contribution in [1.29, 1.82) is 0 Å². The van der Waals surface area contributed by atoms with Crippen LogP contribution in [-0.2, 0) is 0 Å². The molecule has 0 aromatic rings. The molecule has 0 amide bonds. The van der Waals surface area contributed by atoms with Gasteiger partial charge in [0.25, 0.3) is 0 Å². The molecule has 17 heavy (non-hydrogen) atoms. The van der Waals surface area contributed by atoms with Crippen molar-refractivity contribution in [2.45, 2.75) is 19.3 Å². The molecule has 2 nitrogen and oxygen atoms in total. The second-order valence-corrected chi connectivity index (χ2v) is 4.19. The zero-order valence-electron chi connectivity index (χ0n) is 9.89. The van der Waals surface area contributed by atoms with Gasteiger partial charge in [-0.3, -0.25) is 0 Å². The highest BCUT2D eigenvalue weighted by atomic mass is 14.7. The van der Waals surface area contributed by atoms with Crippen LogP contribution >= 0.6 is 0 Å². The fourth-order valence-electron chi connectivity index (χ4n) is 1.97. The molecule has 0 saturated heterocycles. The lowest BCUT2D eigenvalue weighted by Gasteiger charge is -2.18. The van der Waals surface area contributed by atoms with Crippen molar-refractivity contribution >= 4 is 0 Å². The van der Waals surface area contributed by atoms with Gasteiger partial charge in [-0.25, -0.2) is 0 Å². The van der Waals surface area contributed by atoms with Crippen LogP contribution in [0.25, 0.3) is 0 Å². The molecule has 3 aliphatic rings. The second-order valence-electron chi connectivity index (χ2n) is 4.19. The number of allylic oxidation sites excluding steroid dienone is 10. The van der Waals surface area contributed by atoms with E-state index in [1.165, 1.54) is 0 Å². The lowest BCUT2D eigenvalue weighted by atomic mass is 9.93. The maximum absolute atomic E-state index is 6.05. The highest BCUT2D eigenvalue weighted by Gasteiger charge is 2.13. The van der Waals surface area contributed by atoms with Crippen molar-refractivity contribution in [3.63, 3.8) is 0 Å². The Hall–Kier alpha value is -1.96. The van der Waals surface area contributed by atoms with Gasteiger partial charge in [-0.05, 0) is 30.4 Å². The van der Waals surface area contributed by atoms with Crippen molar-refractivity contribution in [2.75, 3.05) is 0 Å². The van der Waals surface area contributed by atoms with Gasteiger partial charge in [-0.15, -0.1) is 0 Å². The van der Waals surface area contributed by atoms with Crippen LogP contribution < -0.4 is 11.5 Å². The summed E-state index contributed by atoms with van der Waals surface area (Å²) in [5.41, 5.74) is 15.8. The molecular weight excluding hydrogens is 208 g/mol. The summed E-state index contributed by atoms with van der Waals surface area (Å²) >= 11 is 0. The van der Waals surface area contributed by atoms with E-state index in [9.17, 15) is 0 Å². The molecule has 2 heteroatoms. The third kappa shape index (κ3) is 2.78. The van der Waals surface area contributed by atoms with E-state index in [1.54, 1.807) is 0 Å². The maximum atomic E-state index is 6.05. The largest absolute Gasteiger partial charge is 0.397 e. The van der Waals surface area contributed by atoms with Crippen LogP contribution in [0, 0.1) is 0 Å². The van der Waals surface area contributed by atoms with Crippen LogP contribution in [0.3, 0.4) is 0 Å². The molecule has 0 fully saturated rings. The van der Waals surface area contributed by atoms with Gasteiger partial charge < -0.3 is 11.5 Å². The van der Waals surface area contributed by atoms with E-state index in [4.69, 9.17) is 11.5 Å². The minimum absolute atomic E-state index is 0.726. The molecule has 0 spiro atoms. The number of fused-ring (bicyclic) bond motifs is 6. The maximum Gasteiger partial charge on any atom is 0.0583 e. The molecule has 0 saturated carbocycles. The number of hydrogen-bond acceptors (Lipinski definition) is 2. The summed E-state index contributed by atoms with van der Waals surface area (Å²) in [6.45, 7) is 0. The molecule has 0 heterocycles. The monoisotopic (exact) mass is 226 g/mol. The van der Waals surface area contributed by atoms with Crippen LogP contribution in [-0.4, -0.2) is 0 Å². The normalized spacial score (nSPS) is 28.0. The predicted octanol–water partition coefficient (Wildman–Crippen LogP) is 2.83. The molecule has 0 unspecified atom stereocenters. The standard InChI is InChI=1S/C15H18N2/c16-14-12-8-6-4-2-1-3-5-7-9-13(11-10-12)15(14)17/h2-9H,1,10-11,16-17H2/b4-2+,5-3+,8-6-,9-7-. The Morgan fingerprint density at radius 2 is 1.18 bits per heavy atom. The van der Waals surface area contributed by atoms with E-state index in [-0.39, 0.29) is 0 Å². The topological polar surface area (TPSA) is 52.0 Å². The molecule has 0 aromatic heterocycles. The summed E-state index contributed by atoms with van der Waals surface area (Å²) in [5.74, 6) is 0. The Morgan fingerprint density at radius 3 is 1.65 bits per heavy atom. The summed E-state index contributed by atoms with van der Waals surface area (Å²) in [6.07, 6.45) is 19.3. The van der Waals surface area contributed by atoms with Gasteiger partial charge in [0.15, 0.2) is 0 Å². The molecule has 0 atom stereocenters. The number of hydrogen-bond donors (Lipinski definition) is 2. The third-order valence-corrected chi connectivity index (χ3v) is 3.01. The Labute approximate surface area is 102 Å². The predicted molar refractivity (Wildman–Crippen MR) is 72.8 cm³/mol. The van der Waals surface area contributed by atoms with Gasteiger partial charge in [0.2, 0.25) is 0 Å². The first-order valence-electron chi connectivity index (χ1n) is 5.93. The van der Waals surface area contributed by atoms with Crippen molar-refractivity contribution in [3.8, 4) is 0 Å². The van der Waals surface area contributed by atoms with Crippen molar-refractivity contribution < 1.29 is 0 Å². The SMILES string of the molecule is NC1=C2/C=C\C=C\C/C=C/C=C\C(=C1N)CC2. The fraction of sp³-hybridized carbons (Fsp3) is 0.200. The Kier molecular flexibility index (Phi) is 3.66. The zero-order chi connectivity index (χ0) is 12.1. The molecule has 3 aliphatic carbocycles. The molecule has 0 aliphatic heterocycles. The molecule has 3 rings (SSSR count). The minimum atomic E-state index is 0.726. The molecular formula is C15H18N2. The average Bonchev–Trinajstić information content (AvgIpc) is 2.36. The highest BCUT2D eigenvalue weighted by molar-refractivity contribution is 5.47. The Balaban J connectivity index is 2.42. The van der Waals surface area contributed by atoms with Crippen molar-refractivity contribution in [1.82, 2.24) is 0 Å². The van der Waals surface area contributed by atoms with E-state index in [1.807, 2.05) is 24.3 Å². The quantitative estimate of drug-likeness (QED) is 0.667. The average molecular weight is 226 g/mol. The van der Waals surface area contributed by atoms with E-state index in [0.29, 0.717) is 0 Å². The Morgan fingerprint density at radius 1 is 0.706 bits per heavy atom. The van der Waals surface area contributed by atoms with E-state index < -0.39 is 0 Å². The van der Waals surface area contributed by atoms with Gasteiger partial charge in [-0.2, -0.15) is 0 Å². The first-order valence-corrected chi connectivity index (χ1v) is 5.93. The zero-order valence-corrected chi connectivity index (χ0v) is 9.89. The van der Waals surface area contributed by atoms with Crippen LogP contribution in [0.4, 0.5) is 0 Å². The van der Waals surface area contributed by atoms with Gasteiger partial charge in [0.05, 0.1) is 11.4 Å². The first kappa shape index (κ1) is 11.5. The van der Waals surface area contributed by atoms with Gasteiger partial charge in [0, 0.05) is 0 Å². The van der Waals surface area contributed by atoms with E-state index >= 15 is 0 Å². The fourth-order valence-corrected chi connectivity index (χ4v) is 1.97. The van der Waals surface area contributed by atoms with Gasteiger partial charge in [-0.1, -0.05) is 48.6 Å². The van der Waals surface area contributed by atoms with Crippen LogP contribution in [0.15, 0.2) is 71.1 Å². The van der Waals surface area contributed by atoms with Crippen molar-refractivity contribution in [2.24, 2.45) is 11.5 Å². The summed E-state index contributed by atoms with van der Waals surface area (Å²) in [6, 6.07) is 0. The first-order chi connectivity index (χ1) is 8.29. The van der Waals surface area contributed by atoms with Crippen LogP contribution in [0.1, 0.15) is 19.3 Å². The molecule has 0 radical (unpaired) electrons. The number of rotatable bonds is 0. The van der Waals surface area contributed by atoms with Crippen molar-refractivity contribution in [3.05, 3.63) is 71.1 Å².